The number of carbonyl (C=O) groups is 1. The summed E-state index contributed by atoms with van der Waals surface area (Å²) in [6.07, 6.45) is 14.3. The molecule has 7 atom stereocenters. The van der Waals surface area contributed by atoms with Crippen molar-refractivity contribution in [1.82, 2.24) is 0 Å². The van der Waals surface area contributed by atoms with Gasteiger partial charge in [-0.2, -0.15) is 5.26 Å². The van der Waals surface area contributed by atoms with Gasteiger partial charge in [0, 0.05) is 12.8 Å². The van der Waals surface area contributed by atoms with Gasteiger partial charge in [0.05, 0.1) is 6.07 Å². The van der Waals surface area contributed by atoms with Gasteiger partial charge in [-0.3, -0.25) is 4.79 Å². The van der Waals surface area contributed by atoms with E-state index in [0.29, 0.717) is 41.3 Å². The predicted molar refractivity (Wildman–Crippen MR) is 99.5 cm³/mol. The Morgan fingerprint density at radius 1 is 1.24 bits per heavy atom. The van der Waals surface area contributed by atoms with Gasteiger partial charge in [0.2, 0.25) is 0 Å². The van der Waals surface area contributed by atoms with E-state index in [4.69, 9.17) is 5.26 Å². The van der Waals surface area contributed by atoms with Gasteiger partial charge in [-0.1, -0.05) is 32.9 Å². The third-order valence-electron chi connectivity index (χ3n) is 8.69. The Kier molecular flexibility index (Phi) is 3.98. The number of hydrogen-bond acceptors (Lipinski definition) is 2. The van der Waals surface area contributed by atoms with Crippen molar-refractivity contribution in [2.75, 3.05) is 0 Å². The smallest absolute Gasteiger partial charge is 0.156 e. The maximum Gasteiger partial charge on any atom is 0.156 e. The molecule has 0 aromatic carbocycles. The average molecular weight is 338 g/mol. The van der Waals surface area contributed by atoms with Crippen LogP contribution in [0.5, 0.6) is 0 Å². The minimum absolute atomic E-state index is 0.199. The van der Waals surface area contributed by atoms with Gasteiger partial charge in [0.25, 0.3) is 0 Å². The largest absolute Gasteiger partial charge is 0.295 e. The predicted octanol–water partition coefficient (Wildman–Crippen LogP) is 5.46. The van der Waals surface area contributed by atoms with Gasteiger partial charge in [0.15, 0.2) is 5.78 Å². The van der Waals surface area contributed by atoms with E-state index < -0.39 is 0 Å². The van der Waals surface area contributed by atoms with E-state index in [1.165, 1.54) is 31.3 Å². The van der Waals surface area contributed by atoms with Crippen LogP contribution >= 0.6 is 0 Å². The summed E-state index contributed by atoms with van der Waals surface area (Å²) in [6, 6.07) is 2.41. The summed E-state index contributed by atoms with van der Waals surface area (Å²) in [7, 11) is 0. The zero-order valence-electron chi connectivity index (χ0n) is 15.9. The van der Waals surface area contributed by atoms with Crippen LogP contribution < -0.4 is 0 Å². The molecule has 0 spiro atoms. The van der Waals surface area contributed by atoms with Crippen molar-refractivity contribution in [2.24, 2.45) is 40.4 Å². The third-order valence-corrected chi connectivity index (χ3v) is 8.69. The van der Waals surface area contributed by atoms with E-state index in [9.17, 15) is 4.79 Å². The van der Waals surface area contributed by atoms with Crippen LogP contribution in [-0.4, -0.2) is 5.78 Å². The molecule has 4 rings (SSSR count). The number of nitriles is 1. The normalized spacial score (nSPS) is 46.5. The Balaban J connectivity index is 1.66. The Labute approximate surface area is 152 Å². The molecule has 0 bridgehead atoms. The fraction of sp³-hybridized carbons (Fsp3) is 0.739. The van der Waals surface area contributed by atoms with Gasteiger partial charge in [-0.25, -0.2) is 0 Å². The molecular formula is C23H31NO. The molecule has 0 aromatic rings. The van der Waals surface area contributed by atoms with E-state index in [1.54, 1.807) is 0 Å². The number of ketones is 1. The standard InChI is InChI=1S/C23H31NO/c1-15(10-13-24)19-6-7-20-18-5-4-16-14-17(25)8-11-22(16,2)21(18)9-12-23(19,20)3/h4-5,14-15,18-21H,6-12H2,1-3H3/t15-,18?,19?,20?,21?,22+,23-/m1/s1. The van der Waals surface area contributed by atoms with Crippen molar-refractivity contribution >= 4 is 5.78 Å². The summed E-state index contributed by atoms with van der Waals surface area (Å²) >= 11 is 0. The quantitative estimate of drug-likeness (QED) is 0.671. The SMILES string of the molecule is C[C@H](CC#N)C1CCC2C3C=CC4=CC(=O)CC[C@]4(C)C3CC[C@@]21C. The van der Waals surface area contributed by atoms with Crippen molar-refractivity contribution in [3.8, 4) is 6.07 Å². The zero-order valence-corrected chi connectivity index (χ0v) is 15.9. The Morgan fingerprint density at radius 2 is 2.04 bits per heavy atom. The third kappa shape index (κ3) is 2.38. The summed E-state index contributed by atoms with van der Waals surface area (Å²) < 4.78 is 0. The molecule has 2 saturated carbocycles. The molecule has 0 amide bonds. The van der Waals surface area contributed by atoms with Crippen LogP contribution in [0.15, 0.2) is 23.8 Å². The minimum atomic E-state index is 0.199. The second-order valence-electron chi connectivity index (χ2n) is 9.70. The highest BCUT2D eigenvalue weighted by atomic mass is 16.1. The van der Waals surface area contributed by atoms with Crippen LogP contribution in [0.1, 0.15) is 65.7 Å². The lowest BCUT2D eigenvalue weighted by Gasteiger charge is -2.56. The first kappa shape index (κ1) is 17.1. The molecule has 0 aromatic heterocycles. The molecule has 134 valence electrons. The Morgan fingerprint density at radius 3 is 2.80 bits per heavy atom. The molecule has 4 aliphatic carbocycles. The van der Waals surface area contributed by atoms with Crippen molar-refractivity contribution < 1.29 is 4.79 Å². The maximum atomic E-state index is 11.9. The Bertz CT molecular complexity index is 683. The molecule has 4 unspecified atom stereocenters. The van der Waals surface area contributed by atoms with Crippen LogP contribution in [0.4, 0.5) is 0 Å². The zero-order chi connectivity index (χ0) is 17.8. The topological polar surface area (TPSA) is 40.9 Å². The van der Waals surface area contributed by atoms with E-state index in [1.807, 2.05) is 6.08 Å². The number of rotatable bonds is 2. The first-order chi connectivity index (χ1) is 11.9. The number of nitrogens with zero attached hydrogens (tertiary/aromatic N) is 1. The summed E-state index contributed by atoms with van der Waals surface area (Å²) in [5, 5.41) is 9.15. The maximum absolute atomic E-state index is 11.9. The first-order valence-corrected chi connectivity index (χ1v) is 10.2. The lowest BCUT2D eigenvalue weighted by atomic mass is 9.48. The summed E-state index contributed by atoms with van der Waals surface area (Å²) in [4.78, 5) is 11.9. The highest BCUT2D eigenvalue weighted by Crippen LogP contribution is 2.66. The van der Waals surface area contributed by atoms with Gasteiger partial charge in [-0.15, -0.1) is 0 Å². The van der Waals surface area contributed by atoms with Crippen LogP contribution in [0.25, 0.3) is 0 Å². The highest BCUT2D eigenvalue weighted by Gasteiger charge is 2.58. The molecule has 25 heavy (non-hydrogen) atoms. The van der Waals surface area contributed by atoms with Crippen molar-refractivity contribution in [3.05, 3.63) is 23.8 Å². The van der Waals surface area contributed by atoms with Gasteiger partial charge < -0.3 is 0 Å². The summed E-state index contributed by atoms with van der Waals surface area (Å²) in [5.74, 6) is 3.63. The van der Waals surface area contributed by atoms with Crippen LogP contribution in [0.3, 0.4) is 0 Å². The number of carbonyl (C=O) groups excluding carboxylic acids is 1. The molecule has 4 aliphatic rings. The lowest BCUT2D eigenvalue weighted by molar-refractivity contribution is -0.116. The molecule has 0 N–H and O–H groups in total. The number of hydrogen-bond donors (Lipinski definition) is 0. The molecule has 2 heteroatoms. The van der Waals surface area contributed by atoms with Crippen molar-refractivity contribution in [2.45, 2.75) is 65.7 Å². The van der Waals surface area contributed by atoms with Gasteiger partial charge in [0.1, 0.15) is 0 Å². The first-order valence-electron chi connectivity index (χ1n) is 10.2. The van der Waals surface area contributed by atoms with Gasteiger partial charge >= 0.3 is 0 Å². The van der Waals surface area contributed by atoms with Crippen LogP contribution in [-0.2, 0) is 4.79 Å². The fourth-order valence-electron chi connectivity index (χ4n) is 7.26. The van der Waals surface area contributed by atoms with E-state index in [0.717, 1.165) is 18.8 Å². The minimum Gasteiger partial charge on any atom is -0.295 e. The molecule has 2 nitrogen and oxygen atoms in total. The second kappa shape index (κ2) is 5.83. The number of allylic oxidation sites excluding steroid dienone is 4. The average Bonchev–Trinajstić information content (AvgIpc) is 2.93. The molecule has 0 heterocycles. The Hall–Kier alpha value is -1.36. The van der Waals surface area contributed by atoms with E-state index in [-0.39, 0.29) is 5.41 Å². The second-order valence-corrected chi connectivity index (χ2v) is 9.70. The number of fused-ring (bicyclic) bond motifs is 5. The fourth-order valence-corrected chi connectivity index (χ4v) is 7.26. The lowest BCUT2D eigenvalue weighted by Crippen LogP contribution is -2.49. The molecule has 0 radical (unpaired) electrons. The van der Waals surface area contributed by atoms with Crippen LogP contribution in [0, 0.1) is 51.8 Å². The summed E-state index contributed by atoms with van der Waals surface area (Å²) in [5.41, 5.74) is 1.88. The molecular weight excluding hydrogens is 306 g/mol. The van der Waals surface area contributed by atoms with Crippen LogP contribution in [0.2, 0.25) is 0 Å². The van der Waals surface area contributed by atoms with E-state index >= 15 is 0 Å². The monoisotopic (exact) mass is 337 g/mol. The van der Waals surface area contributed by atoms with Crippen molar-refractivity contribution in [3.63, 3.8) is 0 Å². The molecule has 0 saturated heterocycles. The molecule has 2 fully saturated rings. The van der Waals surface area contributed by atoms with Gasteiger partial charge in [-0.05, 0) is 84.2 Å². The van der Waals surface area contributed by atoms with E-state index in [2.05, 4.69) is 39.0 Å². The molecule has 0 aliphatic heterocycles. The highest BCUT2D eigenvalue weighted by molar-refractivity contribution is 5.92. The van der Waals surface area contributed by atoms with Crippen molar-refractivity contribution in [1.29, 1.82) is 5.26 Å². The summed E-state index contributed by atoms with van der Waals surface area (Å²) in [6.45, 7) is 7.23.